The summed E-state index contributed by atoms with van der Waals surface area (Å²) >= 11 is 0. The fraction of sp³-hybridized carbons (Fsp3) is 0.500. The Hall–Kier alpha value is -2.20. The van der Waals surface area contributed by atoms with E-state index in [1.54, 1.807) is 26.8 Å². The molecule has 0 saturated carbocycles. The van der Waals surface area contributed by atoms with Crippen molar-refractivity contribution in [1.82, 2.24) is 10.6 Å². The number of benzene rings is 1. The Labute approximate surface area is 134 Å². The smallest absolute Gasteiger partial charge is 0.407 e. The number of carbonyl (C=O) groups excluding carboxylic acids is 1. The lowest BCUT2D eigenvalue weighted by atomic mass is 10.1. The zero-order valence-corrected chi connectivity index (χ0v) is 13.5. The second-order valence-corrected chi connectivity index (χ2v) is 5.99. The van der Waals surface area contributed by atoms with Gasteiger partial charge in [-0.05, 0) is 45.9 Å². The van der Waals surface area contributed by atoms with Crippen LogP contribution in [0.1, 0.15) is 38.3 Å². The molecule has 0 saturated heterocycles. The van der Waals surface area contributed by atoms with Crippen molar-refractivity contribution in [3.63, 3.8) is 0 Å². The largest absolute Gasteiger partial charge is 0.444 e. The zero-order chi connectivity index (χ0) is 17.5. The summed E-state index contributed by atoms with van der Waals surface area (Å²) in [5.41, 5.74) is -0.707. The number of halogens is 2. The van der Waals surface area contributed by atoms with Crippen LogP contribution in [0.5, 0.6) is 0 Å². The van der Waals surface area contributed by atoms with Gasteiger partial charge in [-0.1, -0.05) is 0 Å². The van der Waals surface area contributed by atoms with Crippen LogP contribution in [0.2, 0.25) is 0 Å². The molecule has 0 aromatic heterocycles. The van der Waals surface area contributed by atoms with Gasteiger partial charge in [0.05, 0.1) is 11.6 Å². The van der Waals surface area contributed by atoms with Crippen LogP contribution in [0.4, 0.5) is 13.6 Å². The number of nitrogens with one attached hydrogen (secondary N) is 2. The molecule has 0 aliphatic rings. The number of amides is 1. The third kappa shape index (κ3) is 7.06. The lowest BCUT2D eigenvalue weighted by Crippen LogP contribution is -2.33. The maximum atomic E-state index is 13.6. The highest BCUT2D eigenvalue weighted by molar-refractivity contribution is 5.67. The predicted octanol–water partition coefficient (Wildman–Crippen LogP) is 2.84. The molecule has 0 aliphatic heterocycles. The first-order chi connectivity index (χ1) is 10.7. The second-order valence-electron chi connectivity index (χ2n) is 5.99. The van der Waals surface area contributed by atoms with Crippen molar-refractivity contribution >= 4 is 6.09 Å². The number of rotatable bonds is 6. The van der Waals surface area contributed by atoms with Gasteiger partial charge in [-0.25, -0.2) is 13.6 Å². The third-order valence-corrected chi connectivity index (χ3v) is 2.77. The van der Waals surface area contributed by atoms with Gasteiger partial charge in [-0.3, -0.25) is 0 Å². The Bertz CT molecular complexity index is 569. The highest BCUT2D eigenvalue weighted by atomic mass is 19.1. The minimum absolute atomic E-state index is 0.00973. The summed E-state index contributed by atoms with van der Waals surface area (Å²) < 4.78 is 32.3. The molecule has 0 spiro atoms. The fourth-order valence-electron chi connectivity index (χ4n) is 1.77. The number of nitrogens with zero attached hydrogens (tertiary/aromatic N) is 1. The van der Waals surface area contributed by atoms with Gasteiger partial charge in [-0.15, -0.1) is 0 Å². The number of hydrogen-bond acceptors (Lipinski definition) is 4. The molecule has 1 rings (SSSR count). The lowest BCUT2D eigenvalue weighted by Gasteiger charge is -2.19. The van der Waals surface area contributed by atoms with Crippen molar-refractivity contribution < 1.29 is 18.3 Å². The Morgan fingerprint density at radius 1 is 1.26 bits per heavy atom. The summed E-state index contributed by atoms with van der Waals surface area (Å²) in [5.74, 6) is -1.50. The summed E-state index contributed by atoms with van der Waals surface area (Å²) in [6.07, 6.45) is 0.0837. The summed E-state index contributed by atoms with van der Waals surface area (Å²) in [5, 5.41) is 14.1. The van der Waals surface area contributed by atoms with Gasteiger partial charge in [0.2, 0.25) is 0 Å². The molecule has 7 heteroatoms. The fourth-order valence-corrected chi connectivity index (χ4v) is 1.77. The molecule has 0 unspecified atom stereocenters. The van der Waals surface area contributed by atoms with Gasteiger partial charge in [0.1, 0.15) is 17.2 Å². The van der Waals surface area contributed by atoms with E-state index in [1.165, 1.54) is 0 Å². The Balaban J connectivity index is 2.29. The molecule has 0 heterocycles. The monoisotopic (exact) mass is 325 g/mol. The molecule has 1 aromatic rings. The Morgan fingerprint density at radius 3 is 2.39 bits per heavy atom. The molecule has 0 radical (unpaired) electrons. The third-order valence-electron chi connectivity index (χ3n) is 2.77. The standard InChI is InChI=1S/C16H21F2N3O2/c1-16(2,3)23-15(22)21-6-4-5-20-10-12-13(17)7-11(9-19)8-14(12)18/h7-8,20H,4-6,10H2,1-3H3,(H,21,22). The van der Waals surface area contributed by atoms with Crippen LogP contribution in [0.3, 0.4) is 0 Å². The van der Waals surface area contributed by atoms with Crippen molar-refractivity contribution in [3.8, 4) is 6.07 Å². The molecule has 23 heavy (non-hydrogen) atoms. The molecule has 126 valence electrons. The van der Waals surface area contributed by atoms with Crippen LogP contribution in [-0.4, -0.2) is 24.8 Å². The summed E-state index contributed by atoms with van der Waals surface area (Å²) in [6.45, 7) is 6.18. The molecule has 0 aliphatic carbocycles. The van der Waals surface area contributed by atoms with E-state index >= 15 is 0 Å². The van der Waals surface area contributed by atoms with Crippen LogP contribution < -0.4 is 10.6 Å². The number of alkyl carbamates (subject to hydrolysis) is 1. The molecule has 0 fully saturated rings. The van der Waals surface area contributed by atoms with E-state index in [0.29, 0.717) is 19.5 Å². The Morgan fingerprint density at radius 2 is 1.87 bits per heavy atom. The van der Waals surface area contributed by atoms with E-state index in [1.807, 2.05) is 0 Å². The average molecular weight is 325 g/mol. The first kappa shape index (κ1) is 18.8. The quantitative estimate of drug-likeness (QED) is 0.789. The van der Waals surface area contributed by atoms with E-state index in [4.69, 9.17) is 10.00 Å². The minimum atomic E-state index is -0.749. The van der Waals surface area contributed by atoms with Gasteiger partial charge in [-0.2, -0.15) is 5.26 Å². The van der Waals surface area contributed by atoms with Crippen molar-refractivity contribution in [3.05, 3.63) is 34.9 Å². The van der Waals surface area contributed by atoms with Crippen LogP contribution >= 0.6 is 0 Å². The average Bonchev–Trinajstić information content (AvgIpc) is 2.42. The molecule has 1 amide bonds. The van der Waals surface area contributed by atoms with E-state index in [2.05, 4.69) is 10.6 Å². The van der Waals surface area contributed by atoms with Gasteiger partial charge in [0, 0.05) is 18.7 Å². The molecule has 1 aromatic carbocycles. The number of nitriles is 1. The minimum Gasteiger partial charge on any atom is -0.444 e. The van der Waals surface area contributed by atoms with Crippen LogP contribution in [0, 0.1) is 23.0 Å². The summed E-state index contributed by atoms with van der Waals surface area (Å²) in [4.78, 5) is 11.4. The van der Waals surface area contributed by atoms with E-state index in [0.717, 1.165) is 12.1 Å². The number of carbonyl (C=O) groups is 1. The van der Waals surface area contributed by atoms with Crippen LogP contribution in [0.15, 0.2) is 12.1 Å². The van der Waals surface area contributed by atoms with E-state index in [-0.39, 0.29) is 17.7 Å². The molecular formula is C16H21F2N3O2. The molecule has 0 atom stereocenters. The molecule has 0 bridgehead atoms. The second kappa shape index (κ2) is 8.44. The number of hydrogen-bond donors (Lipinski definition) is 2. The summed E-state index contributed by atoms with van der Waals surface area (Å²) in [7, 11) is 0. The van der Waals surface area contributed by atoms with Crippen molar-refractivity contribution in [2.45, 2.75) is 39.3 Å². The van der Waals surface area contributed by atoms with E-state index in [9.17, 15) is 13.6 Å². The SMILES string of the molecule is CC(C)(C)OC(=O)NCCCNCc1c(F)cc(C#N)cc1F. The molecular weight excluding hydrogens is 304 g/mol. The first-order valence-electron chi connectivity index (χ1n) is 7.28. The number of ether oxygens (including phenoxy) is 1. The van der Waals surface area contributed by atoms with Crippen molar-refractivity contribution in [2.24, 2.45) is 0 Å². The van der Waals surface area contributed by atoms with Crippen LogP contribution in [-0.2, 0) is 11.3 Å². The predicted molar refractivity (Wildman–Crippen MR) is 81.6 cm³/mol. The molecule has 5 nitrogen and oxygen atoms in total. The topological polar surface area (TPSA) is 74.2 Å². The zero-order valence-electron chi connectivity index (χ0n) is 13.5. The van der Waals surface area contributed by atoms with Gasteiger partial charge in [0.15, 0.2) is 0 Å². The normalized spacial score (nSPS) is 11.0. The maximum absolute atomic E-state index is 13.6. The van der Waals surface area contributed by atoms with Crippen LogP contribution in [0.25, 0.3) is 0 Å². The summed E-state index contributed by atoms with van der Waals surface area (Å²) in [6, 6.07) is 3.70. The van der Waals surface area contributed by atoms with Gasteiger partial charge >= 0.3 is 6.09 Å². The molecule has 2 N–H and O–H groups in total. The van der Waals surface area contributed by atoms with E-state index < -0.39 is 23.3 Å². The Kier molecular flexibility index (Phi) is 6.91. The maximum Gasteiger partial charge on any atom is 0.407 e. The van der Waals surface area contributed by atoms with Gasteiger partial charge < -0.3 is 15.4 Å². The highest BCUT2D eigenvalue weighted by Gasteiger charge is 2.15. The first-order valence-corrected chi connectivity index (χ1v) is 7.28. The lowest BCUT2D eigenvalue weighted by molar-refractivity contribution is 0.0527. The van der Waals surface area contributed by atoms with Gasteiger partial charge in [0.25, 0.3) is 0 Å². The highest BCUT2D eigenvalue weighted by Crippen LogP contribution is 2.14. The van der Waals surface area contributed by atoms with Crippen molar-refractivity contribution in [2.75, 3.05) is 13.1 Å². The van der Waals surface area contributed by atoms with Crippen molar-refractivity contribution in [1.29, 1.82) is 5.26 Å².